The summed E-state index contributed by atoms with van der Waals surface area (Å²) in [6.45, 7) is 2.37. The van der Waals surface area contributed by atoms with Crippen LogP contribution in [0.15, 0.2) is 60.8 Å². The largest absolute Gasteiger partial charge is 0.469 e. The van der Waals surface area contributed by atoms with E-state index in [1.165, 1.54) is 6.92 Å². The van der Waals surface area contributed by atoms with Gasteiger partial charge in [-0.05, 0) is 44.9 Å². The first-order valence-electron chi connectivity index (χ1n) is 12.6. The fraction of sp³-hybridized carbons (Fsp3) is 0.556. The molecule has 0 radical (unpaired) electrons. The van der Waals surface area contributed by atoms with Gasteiger partial charge in [0.2, 0.25) is 0 Å². The highest BCUT2D eigenvalue weighted by Crippen LogP contribution is 2.35. The molecule has 0 bridgehead atoms. The average molecular weight is 541 g/mol. The molecule has 0 spiro atoms. The van der Waals surface area contributed by atoms with Crippen LogP contribution >= 0.6 is 7.82 Å². The van der Waals surface area contributed by atoms with E-state index in [2.05, 4.69) is 54.0 Å². The Morgan fingerprint density at radius 3 is 1.95 bits per heavy atom. The van der Waals surface area contributed by atoms with Crippen molar-refractivity contribution in [2.24, 2.45) is 0 Å². The minimum Gasteiger partial charge on any atom is -0.462 e. The van der Waals surface area contributed by atoms with Crippen molar-refractivity contribution in [1.29, 1.82) is 0 Å². The average Bonchev–Trinajstić information content (AvgIpc) is 3.58. The Balaban J connectivity index is 2.10. The van der Waals surface area contributed by atoms with Crippen molar-refractivity contribution in [2.75, 3.05) is 13.2 Å². The second-order valence-electron chi connectivity index (χ2n) is 8.40. The number of esters is 2. The van der Waals surface area contributed by atoms with Crippen LogP contribution in [0.25, 0.3) is 0 Å². The Hall–Kier alpha value is -2.29. The molecule has 0 saturated carbocycles. The summed E-state index contributed by atoms with van der Waals surface area (Å²) < 4.78 is 30.6. The molecular formula is C27H41O9P. The first-order chi connectivity index (χ1) is 17.7. The highest BCUT2D eigenvalue weighted by molar-refractivity contribution is 7.46. The quantitative estimate of drug-likeness (QED) is 0.0918. The molecule has 10 heteroatoms. The van der Waals surface area contributed by atoms with Crippen LogP contribution in [0.1, 0.15) is 65.2 Å². The van der Waals surface area contributed by atoms with E-state index in [1.807, 2.05) is 18.2 Å². The molecule has 208 valence electrons. The fourth-order valence-corrected chi connectivity index (χ4v) is 3.47. The van der Waals surface area contributed by atoms with Crippen LogP contribution in [0.2, 0.25) is 0 Å². The summed E-state index contributed by atoms with van der Waals surface area (Å²) in [5.74, 6) is -1.19. The second kappa shape index (κ2) is 19.8. The minimum atomic E-state index is -4.73. The van der Waals surface area contributed by atoms with Crippen LogP contribution in [-0.2, 0) is 32.9 Å². The van der Waals surface area contributed by atoms with E-state index in [-0.39, 0.29) is 13.0 Å². The third kappa shape index (κ3) is 20.5. The summed E-state index contributed by atoms with van der Waals surface area (Å²) in [5, 5.41) is 0. The van der Waals surface area contributed by atoms with Gasteiger partial charge in [0, 0.05) is 13.3 Å². The maximum Gasteiger partial charge on any atom is 0.469 e. The van der Waals surface area contributed by atoms with E-state index in [4.69, 9.17) is 24.0 Å². The molecule has 1 rings (SSSR count). The van der Waals surface area contributed by atoms with E-state index in [1.54, 1.807) is 0 Å². The molecule has 3 atom stereocenters. The van der Waals surface area contributed by atoms with E-state index >= 15 is 0 Å². The van der Waals surface area contributed by atoms with Gasteiger partial charge in [-0.1, -0.05) is 67.7 Å². The Labute approximate surface area is 220 Å². The number of ether oxygens (including phenoxy) is 3. The van der Waals surface area contributed by atoms with Crippen LogP contribution < -0.4 is 0 Å². The lowest BCUT2D eigenvalue weighted by Gasteiger charge is -2.17. The summed E-state index contributed by atoms with van der Waals surface area (Å²) in [6.07, 6.45) is 26.6. The van der Waals surface area contributed by atoms with Crippen molar-refractivity contribution in [2.45, 2.75) is 83.5 Å². The maximum atomic E-state index is 11.9. The monoisotopic (exact) mass is 540 g/mol. The van der Waals surface area contributed by atoms with Gasteiger partial charge in [-0.2, -0.15) is 0 Å². The molecule has 0 aromatic heterocycles. The number of carbonyl (C=O) groups is 2. The molecule has 2 N–H and O–H groups in total. The van der Waals surface area contributed by atoms with Crippen LogP contribution in [0.3, 0.4) is 0 Å². The molecule has 0 amide bonds. The predicted octanol–water partition coefficient (Wildman–Crippen LogP) is 5.26. The van der Waals surface area contributed by atoms with Gasteiger partial charge in [0.05, 0.1) is 18.8 Å². The van der Waals surface area contributed by atoms with Gasteiger partial charge in [-0.3, -0.25) is 14.1 Å². The number of carbonyl (C=O) groups excluding carboxylic acids is 2. The molecule has 37 heavy (non-hydrogen) atoms. The lowest BCUT2D eigenvalue weighted by atomic mass is 10.1. The van der Waals surface area contributed by atoms with Gasteiger partial charge in [0.1, 0.15) is 6.61 Å². The lowest BCUT2D eigenvalue weighted by Crippen LogP contribution is -2.29. The molecule has 1 saturated heterocycles. The zero-order valence-corrected chi connectivity index (χ0v) is 22.7. The SMILES string of the molecule is CC/C=C\CC1OC1C/C=C\C/C=C\C/C=C\C/C=C\CCC(=O)O[C@H](COC(C)=O)COP(=O)(O)O. The lowest BCUT2D eigenvalue weighted by molar-refractivity contribution is -0.160. The van der Waals surface area contributed by atoms with Gasteiger partial charge in [-0.15, -0.1) is 0 Å². The van der Waals surface area contributed by atoms with Crippen molar-refractivity contribution >= 4 is 19.8 Å². The summed E-state index contributed by atoms with van der Waals surface area (Å²) in [6, 6.07) is 0. The van der Waals surface area contributed by atoms with Crippen LogP contribution in [-0.4, -0.2) is 53.3 Å². The zero-order chi connectivity index (χ0) is 27.4. The Kier molecular flexibility index (Phi) is 17.5. The van der Waals surface area contributed by atoms with Gasteiger partial charge >= 0.3 is 19.8 Å². The number of phosphoric acid groups is 1. The molecule has 1 aliphatic rings. The molecule has 0 aromatic carbocycles. The number of hydrogen-bond donors (Lipinski definition) is 2. The zero-order valence-electron chi connectivity index (χ0n) is 21.8. The fourth-order valence-electron chi connectivity index (χ4n) is 3.10. The highest BCUT2D eigenvalue weighted by atomic mass is 31.2. The van der Waals surface area contributed by atoms with Gasteiger partial charge in [0.15, 0.2) is 6.10 Å². The molecule has 2 unspecified atom stereocenters. The summed E-state index contributed by atoms with van der Waals surface area (Å²) in [7, 11) is -4.73. The van der Waals surface area contributed by atoms with Gasteiger partial charge in [-0.25, -0.2) is 4.57 Å². The molecule has 1 heterocycles. The number of allylic oxidation sites excluding steroid dienone is 8. The third-order valence-electron chi connectivity index (χ3n) is 5.02. The number of rotatable bonds is 20. The standard InChI is InChI=1S/C27H41O9P/c1-3-4-15-18-25-26(36-25)19-16-13-11-9-7-5-6-8-10-12-14-17-20-27(29)35-24(21-33-23(2)28)22-34-37(30,31)32/h4,6-9,12-16,24-26H,3,5,10-11,17-22H2,1-2H3,(H2,30,31,32)/b8-6-,9-7-,14-12-,15-4-,16-13-/t24-,25?,26?/m1/s1. The van der Waals surface area contributed by atoms with E-state index in [0.717, 1.165) is 38.5 Å². The Morgan fingerprint density at radius 2 is 1.41 bits per heavy atom. The number of epoxide rings is 1. The topological polar surface area (TPSA) is 132 Å². The van der Waals surface area contributed by atoms with Crippen molar-refractivity contribution in [3.05, 3.63) is 60.8 Å². The predicted molar refractivity (Wildman–Crippen MR) is 141 cm³/mol. The van der Waals surface area contributed by atoms with Crippen LogP contribution in [0.5, 0.6) is 0 Å². The highest BCUT2D eigenvalue weighted by Gasteiger charge is 2.35. The smallest absolute Gasteiger partial charge is 0.462 e. The van der Waals surface area contributed by atoms with Crippen LogP contribution in [0.4, 0.5) is 0 Å². The van der Waals surface area contributed by atoms with E-state index in [0.29, 0.717) is 18.6 Å². The molecule has 1 aliphatic heterocycles. The second-order valence-corrected chi connectivity index (χ2v) is 9.64. The van der Waals surface area contributed by atoms with Crippen LogP contribution in [0, 0.1) is 0 Å². The molecule has 9 nitrogen and oxygen atoms in total. The summed E-state index contributed by atoms with van der Waals surface area (Å²) >= 11 is 0. The van der Waals surface area contributed by atoms with Crippen molar-refractivity contribution in [3.63, 3.8) is 0 Å². The third-order valence-corrected chi connectivity index (χ3v) is 5.51. The maximum absolute atomic E-state index is 11.9. The summed E-state index contributed by atoms with van der Waals surface area (Å²) in [5.41, 5.74) is 0. The first-order valence-corrected chi connectivity index (χ1v) is 14.2. The Bertz CT molecular complexity index is 854. The van der Waals surface area contributed by atoms with Crippen molar-refractivity contribution in [1.82, 2.24) is 0 Å². The van der Waals surface area contributed by atoms with E-state index in [9.17, 15) is 14.2 Å². The summed E-state index contributed by atoms with van der Waals surface area (Å²) in [4.78, 5) is 40.4. The first kappa shape index (κ1) is 32.7. The van der Waals surface area contributed by atoms with Gasteiger partial charge < -0.3 is 24.0 Å². The Morgan fingerprint density at radius 1 is 0.865 bits per heavy atom. The normalized spacial score (nSPS) is 19.0. The minimum absolute atomic E-state index is 0.0758. The van der Waals surface area contributed by atoms with Crippen molar-refractivity contribution in [3.8, 4) is 0 Å². The van der Waals surface area contributed by atoms with Gasteiger partial charge in [0.25, 0.3) is 0 Å². The van der Waals surface area contributed by atoms with E-state index < -0.39 is 32.5 Å². The van der Waals surface area contributed by atoms with Crippen molar-refractivity contribution < 1.29 is 42.7 Å². The number of hydrogen-bond acceptors (Lipinski definition) is 7. The molecule has 0 aliphatic carbocycles. The molecular weight excluding hydrogens is 499 g/mol. The number of phosphoric ester groups is 1. The molecule has 0 aromatic rings. The molecule has 1 fully saturated rings.